The fourth-order valence-electron chi connectivity index (χ4n) is 1.07. The van der Waals surface area contributed by atoms with E-state index in [-0.39, 0.29) is 0 Å². The normalized spacial score (nSPS) is 11.8. The summed E-state index contributed by atoms with van der Waals surface area (Å²) in [5.74, 6) is 0. The molecule has 0 aromatic rings. The topological polar surface area (TPSA) is 54.0 Å². The highest BCUT2D eigenvalue weighted by Crippen LogP contribution is 2.13. The lowest BCUT2D eigenvalue weighted by Crippen LogP contribution is -2.35. The zero-order valence-electron chi connectivity index (χ0n) is 11.5. The Morgan fingerprint density at radius 3 is 1.56 bits per heavy atom. The minimum absolute atomic E-state index is 0.708. The smallest absolute Gasteiger partial charge is 0.339 e. The van der Waals surface area contributed by atoms with Crippen LogP contribution in [0.15, 0.2) is 25.3 Å². The lowest BCUT2D eigenvalue weighted by Gasteiger charge is -2.20. The lowest BCUT2D eigenvalue weighted by atomic mass is 10.8. The molecule has 104 valence electrons. The van der Waals surface area contributed by atoms with E-state index >= 15 is 0 Å². The van der Waals surface area contributed by atoms with Crippen molar-refractivity contribution < 1.29 is 22.8 Å². The van der Waals surface area contributed by atoms with Gasteiger partial charge in [-0.1, -0.05) is 12.2 Å². The molecule has 0 fully saturated rings. The Kier molecular flexibility index (Phi) is 7.55. The highest BCUT2D eigenvalue weighted by atomic mass is 28.4. The van der Waals surface area contributed by atoms with Crippen LogP contribution in [0.2, 0.25) is 38.3 Å². The van der Waals surface area contributed by atoms with Gasteiger partial charge in [0.25, 0.3) is 0 Å². The van der Waals surface area contributed by atoms with Gasteiger partial charge in [0, 0.05) is 0 Å². The van der Waals surface area contributed by atoms with E-state index in [2.05, 4.69) is 13.2 Å². The Hall–Kier alpha value is -0.549. The zero-order chi connectivity index (χ0) is 14.2. The average molecular weight is 307 g/mol. The summed E-state index contributed by atoms with van der Waals surface area (Å²) in [4.78, 5) is 0. The second kappa shape index (κ2) is 7.79. The largest absolute Gasteiger partial charge is 0.833 e. The van der Waals surface area contributed by atoms with Crippen LogP contribution in [0, 0.1) is 0 Å². The summed E-state index contributed by atoms with van der Waals surface area (Å²) in [6.07, 6.45) is 3.51. The van der Waals surface area contributed by atoms with Crippen molar-refractivity contribution in [2.24, 2.45) is 0 Å². The predicted octanol–water partition coefficient (Wildman–Crippen LogP) is 3.08. The maximum atomic E-state index is 11.4. The lowest BCUT2D eigenvalue weighted by molar-refractivity contribution is -0.205. The van der Waals surface area contributed by atoms with Crippen LogP contribution in [0.1, 0.15) is 0 Å². The van der Waals surface area contributed by atoms with E-state index in [1.807, 2.05) is 26.2 Å². The maximum absolute atomic E-state index is 11.4. The molecular weight excluding hydrogens is 284 g/mol. The van der Waals surface area contributed by atoms with E-state index < -0.39 is 25.8 Å². The van der Waals surface area contributed by atoms with Crippen LogP contribution >= 0.6 is 0 Å². The zero-order valence-corrected chi connectivity index (χ0v) is 14.5. The summed E-state index contributed by atoms with van der Waals surface area (Å²) >= 11 is 0. The van der Waals surface area contributed by atoms with Crippen molar-refractivity contribution in [1.29, 1.82) is 0 Å². The van der Waals surface area contributed by atoms with Crippen molar-refractivity contribution >= 4 is 25.8 Å². The summed E-state index contributed by atoms with van der Waals surface area (Å²) < 4.78 is 31.2. The molecular formula is C10H22O5Si3. The van der Waals surface area contributed by atoms with E-state index in [4.69, 9.17) is 18.3 Å². The summed E-state index contributed by atoms with van der Waals surface area (Å²) in [5, 5.41) is 0. The molecule has 0 bridgehead atoms. The van der Waals surface area contributed by atoms with Gasteiger partial charge in [0.1, 0.15) is 0 Å². The first kappa shape index (κ1) is 17.5. The molecule has 0 amide bonds. The summed E-state index contributed by atoms with van der Waals surface area (Å²) in [7, 11) is -6.81. The Balaban J connectivity index is 3.98. The molecule has 8 heteroatoms. The quantitative estimate of drug-likeness (QED) is 0.269. The molecule has 0 aliphatic heterocycles. The van der Waals surface area contributed by atoms with Gasteiger partial charge < -0.3 is 9.15 Å². The molecule has 0 rings (SSSR count). The maximum Gasteiger partial charge on any atom is 0.833 e. The number of rotatable bonds is 10. The van der Waals surface area contributed by atoms with Crippen molar-refractivity contribution in [3.05, 3.63) is 25.3 Å². The van der Waals surface area contributed by atoms with Crippen molar-refractivity contribution in [3.63, 3.8) is 0 Å². The molecule has 0 N–H and O–H groups in total. The van der Waals surface area contributed by atoms with Gasteiger partial charge in [-0.25, -0.2) is 0 Å². The molecule has 0 radical (unpaired) electrons. The number of allylic oxidation sites excluding steroid dienone is 2. The molecule has 0 heterocycles. The third-order valence-electron chi connectivity index (χ3n) is 1.94. The fourth-order valence-corrected chi connectivity index (χ4v) is 4.97. The molecule has 0 spiro atoms. The summed E-state index contributed by atoms with van der Waals surface area (Å²) in [6.45, 7) is 15.0. The van der Waals surface area contributed by atoms with Crippen molar-refractivity contribution in [1.82, 2.24) is 0 Å². The number of hydrogen-bond acceptors (Lipinski definition) is 5. The van der Waals surface area contributed by atoms with Crippen molar-refractivity contribution in [2.45, 2.75) is 38.3 Å². The van der Waals surface area contributed by atoms with Gasteiger partial charge in [-0.3, -0.25) is 13.6 Å². The highest BCUT2D eigenvalue weighted by Gasteiger charge is 2.30. The molecule has 0 aromatic carbocycles. The monoisotopic (exact) mass is 306 g/mol. The Bertz CT molecular complexity index is 276. The van der Waals surface area contributed by atoms with Crippen molar-refractivity contribution in [3.8, 4) is 0 Å². The number of hydrogen-bond donors (Lipinski definition) is 0. The Morgan fingerprint density at radius 1 is 0.944 bits per heavy atom. The van der Waals surface area contributed by atoms with Gasteiger partial charge in [0.05, 0.1) is 0 Å². The first-order chi connectivity index (χ1) is 8.22. The van der Waals surface area contributed by atoms with E-state index in [1.54, 1.807) is 12.2 Å². The van der Waals surface area contributed by atoms with Crippen LogP contribution in [-0.2, 0) is 22.8 Å². The molecule has 0 aliphatic carbocycles. The Morgan fingerprint density at radius 2 is 1.28 bits per heavy atom. The molecule has 5 nitrogen and oxygen atoms in total. The van der Waals surface area contributed by atoms with E-state index in [9.17, 15) is 4.46 Å². The first-order valence-corrected chi connectivity index (χ1v) is 13.1. The van der Waals surface area contributed by atoms with E-state index in [0.29, 0.717) is 12.1 Å². The summed E-state index contributed by atoms with van der Waals surface area (Å²) in [6, 6.07) is 1.42. The van der Waals surface area contributed by atoms with Gasteiger partial charge in [0.2, 0.25) is 16.6 Å². The van der Waals surface area contributed by atoms with Crippen LogP contribution < -0.4 is 0 Å². The molecule has 0 aliphatic rings. The third-order valence-corrected chi connectivity index (χ3v) is 6.33. The standard InChI is InChI=1S/C10H22O5Si3/c1-7-9-17(3,4)14-12-16(11)13-15-18(5,6)10-8-2/h7-8H,1-2,9-10H2,3-6H3. The second-order valence-corrected chi connectivity index (χ2v) is 14.1. The molecule has 0 aromatic heterocycles. The molecule has 0 unspecified atom stereocenters. The van der Waals surface area contributed by atoms with E-state index in [1.165, 1.54) is 0 Å². The highest BCUT2D eigenvalue weighted by molar-refractivity contribution is 6.72. The van der Waals surface area contributed by atoms with Gasteiger partial charge in [-0.05, 0) is 38.3 Å². The van der Waals surface area contributed by atoms with Gasteiger partial charge in [0.15, 0.2) is 0 Å². The minimum Gasteiger partial charge on any atom is -0.339 e. The van der Waals surface area contributed by atoms with E-state index in [0.717, 1.165) is 0 Å². The van der Waals surface area contributed by atoms with Crippen LogP contribution in [-0.4, -0.2) is 25.8 Å². The van der Waals surface area contributed by atoms with Crippen molar-refractivity contribution in [2.75, 3.05) is 0 Å². The third kappa shape index (κ3) is 8.53. The van der Waals surface area contributed by atoms with Crippen LogP contribution in [0.5, 0.6) is 0 Å². The first-order valence-electron chi connectivity index (χ1n) is 5.69. The van der Waals surface area contributed by atoms with Gasteiger partial charge >= 0.3 is 9.17 Å². The van der Waals surface area contributed by atoms with Crippen LogP contribution in [0.25, 0.3) is 0 Å². The average Bonchev–Trinajstić information content (AvgIpc) is 2.24. The predicted molar refractivity (Wildman–Crippen MR) is 75.8 cm³/mol. The minimum atomic E-state index is -2.78. The summed E-state index contributed by atoms with van der Waals surface area (Å²) in [5.41, 5.74) is 0. The van der Waals surface area contributed by atoms with Gasteiger partial charge in [-0.2, -0.15) is 0 Å². The SMILES string of the molecule is C=CC[Si](C)(C)OO[Si](=O)OO[Si](C)(C)CC=C. The fraction of sp³-hybridized carbons (Fsp3) is 0.600. The Labute approximate surface area is 112 Å². The van der Waals surface area contributed by atoms with Crippen LogP contribution in [0.3, 0.4) is 0 Å². The second-order valence-electron chi connectivity index (χ2n) is 5.09. The van der Waals surface area contributed by atoms with Gasteiger partial charge in [-0.15, -0.1) is 13.2 Å². The molecule has 0 atom stereocenters. The molecule has 0 saturated heterocycles. The molecule has 0 saturated carbocycles. The van der Waals surface area contributed by atoms with Crippen LogP contribution in [0.4, 0.5) is 0 Å². The molecule has 18 heavy (non-hydrogen) atoms.